The molecule has 30 heavy (non-hydrogen) atoms. The number of hydrogen-bond donors (Lipinski definition) is 1. The number of rotatable bonds is 9. The molecule has 1 aromatic carbocycles. The third kappa shape index (κ3) is 8.68. The predicted octanol–water partition coefficient (Wildman–Crippen LogP) is 2.75. The van der Waals surface area contributed by atoms with Gasteiger partial charge in [-0.1, -0.05) is 37.3 Å². The summed E-state index contributed by atoms with van der Waals surface area (Å²) in [4.78, 5) is 6.96. The molecule has 1 atom stereocenters. The van der Waals surface area contributed by atoms with Crippen LogP contribution in [0.2, 0.25) is 0 Å². The molecule has 0 bridgehead atoms. The average molecular weight is 553 g/mol. The van der Waals surface area contributed by atoms with Gasteiger partial charge in [-0.3, -0.25) is 4.99 Å². The van der Waals surface area contributed by atoms with Crippen LogP contribution in [0.4, 0.5) is 0 Å². The van der Waals surface area contributed by atoms with E-state index in [0.29, 0.717) is 38.6 Å². The highest BCUT2D eigenvalue weighted by atomic mass is 127. The van der Waals surface area contributed by atoms with Crippen LogP contribution in [0, 0.1) is 0 Å². The van der Waals surface area contributed by atoms with Gasteiger partial charge in [0.1, 0.15) is 0 Å². The molecular formula is C21H37IN4O3S. The zero-order chi connectivity index (χ0) is 21.3. The summed E-state index contributed by atoms with van der Waals surface area (Å²) in [5, 5.41) is 3.35. The number of guanidine groups is 1. The van der Waals surface area contributed by atoms with Crippen molar-refractivity contribution >= 4 is 40.0 Å². The molecule has 172 valence electrons. The van der Waals surface area contributed by atoms with E-state index in [4.69, 9.17) is 9.73 Å². The summed E-state index contributed by atoms with van der Waals surface area (Å²) in [6.07, 6.45) is 0.0409. The van der Waals surface area contributed by atoms with Crippen LogP contribution in [0.25, 0.3) is 0 Å². The minimum Gasteiger partial charge on any atom is -0.378 e. The Bertz CT molecular complexity index is 736. The number of halogens is 1. The normalized spacial score (nSPS) is 17.0. The molecule has 0 saturated carbocycles. The molecule has 1 heterocycles. The van der Waals surface area contributed by atoms with E-state index in [9.17, 15) is 8.42 Å². The maximum absolute atomic E-state index is 12.5. The van der Waals surface area contributed by atoms with Crippen molar-refractivity contribution < 1.29 is 13.2 Å². The number of aliphatic imine (C=N–C) groups is 1. The fraction of sp³-hybridized carbons (Fsp3) is 0.667. The molecule has 1 unspecified atom stereocenters. The monoisotopic (exact) mass is 552 g/mol. The Labute approximate surface area is 199 Å². The van der Waals surface area contributed by atoms with E-state index in [1.165, 1.54) is 5.56 Å². The second kappa shape index (κ2) is 13.5. The molecule has 1 fully saturated rings. The lowest BCUT2D eigenvalue weighted by Crippen LogP contribution is -2.54. The summed E-state index contributed by atoms with van der Waals surface area (Å²) in [6, 6.07) is 10.4. The Balaban J connectivity index is 0.00000450. The number of benzene rings is 1. The van der Waals surface area contributed by atoms with Crippen LogP contribution in [0.5, 0.6) is 0 Å². The van der Waals surface area contributed by atoms with Crippen LogP contribution in [0.1, 0.15) is 39.2 Å². The van der Waals surface area contributed by atoms with Crippen LogP contribution < -0.4 is 5.32 Å². The van der Waals surface area contributed by atoms with E-state index in [2.05, 4.69) is 29.3 Å². The molecule has 7 nitrogen and oxygen atoms in total. The molecule has 1 saturated heterocycles. The highest BCUT2D eigenvalue weighted by Crippen LogP contribution is 2.15. The summed E-state index contributed by atoms with van der Waals surface area (Å²) in [6.45, 7) is 12.0. The molecule has 0 aromatic heterocycles. The first kappa shape index (κ1) is 27.1. The topological polar surface area (TPSA) is 74.2 Å². The molecule has 1 N–H and O–H groups in total. The third-order valence-electron chi connectivity index (χ3n) is 4.94. The van der Waals surface area contributed by atoms with Gasteiger partial charge in [0.15, 0.2) is 5.96 Å². The van der Waals surface area contributed by atoms with E-state index in [1.54, 1.807) is 4.31 Å². The van der Waals surface area contributed by atoms with Gasteiger partial charge in [0, 0.05) is 45.2 Å². The first-order valence-electron chi connectivity index (χ1n) is 10.5. The van der Waals surface area contributed by atoms with E-state index in [1.807, 2.05) is 39.0 Å². The summed E-state index contributed by atoms with van der Waals surface area (Å²) < 4.78 is 32.0. The van der Waals surface area contributed by atoms with Crippen molar-refractivity contribution in [3.63, 3.8) is 0 Å². The van der Waals surface area contributed by atoms with E-state index < -0.39 is 10.0 Å². The molecule has 0 aliphatic carbocycles. The first-order chi connectivity index (χ1) is 13.8. The second-order valence-corrected chi connectivity index (χ2v) is 9.72. The van der Waals surface area contributed by atoms with Gasteiger partial charge >= 0.3 is 0 Å². The summed E-state index contributed by atoms with van der Waals surface area (Å²) in [5.74, 6) is 1.22. The van der Waals surface area contributed by atoms with E-state index >= 15 is 0 Å². The van der Waals surface area contributed by atoms with E-state index in [-0.39, 0.29) is 42.4 Å². The van der Waals surface area contributed by atoms with Gasteiger partial charge < -0.3 is 15.0 Å². The molecule has 1 aliphatic heterocycles. The highest BCUT2D eigenvalue weighted by Gasteiger charge is 2.28. The lowest BCUT2D eigenvalue weighted by molar-refractivity contribution is 0.0904. The number of hydrogen-bond acceptors (Lipinski definition) is 4. The summed E-state index contributed by atoms with van der Waals surface area (Å²) >= 11 is 0. The molecule has 1 aromatic rings. The minimum absolute atomic E-state index is 0. The Morgan fingerprint density at radius 2 is 1.77 bits per heavy atom. The van der Waals surface area contributed by atoms with Crippen LogP contribution in [-0.4, -0.2) is 81.3 Å². The zero-order valence-electron chi connectivity index (χ0n) is 18.6. The zero-order valence-corrected chi connectivity index (χ0v) is 21.7. The lowest BCUT2D eigenvalue weighted by Gasteiger charge is -2.36. The number of nitrogens with zero attached hydrogens (tertiary/aromatic N) is 3. The van der Waals surface area contributed by atoms with Crippen molar-refractivity contribution in [3.8, 4) is 0 Å². The maximum atomic E-state index is 12.5. The van der Waals surface area contributed by atoms with Gasteiger partial charge in [-0.2, -0.15) is 4.31 Å². The summed E-state index contributed by atoms with van der Waals surface area (Å²) in [7, 11) is -3.28. The van der Waals surface area contributed by atoms with Crippen LogP contribution in [-0.2, 0) is 14.8 Å². The highest BCUT2D eigenvalue weighted by molar-refractivity contribution is 14.0. The van der Waals surface area contributed by atoms with Crippen molar-refractivity contribution in [1.82, 2.24) is 14.5 Å². The van der Waals surface area contributed by atoms with E-state index in [0.717, 1.165) is 12.5 Å². The van der Waals surface area contributed by atoms with Gasteiger partial charge in [0.2, 0.25) is 10.0 Å². The fourth-order valence-corrected chi connectivity index (χ4v) is 4.52. The number of piperazine rings is 1. The van der Waals surface area contributed by atoms with Gasteiger partial charge in [-0.25, -0.2) is 8.42 Å². The Morgan fingerprint density at radius 3 is 2.33 bits per heavy atom. The Hall–Kier alpha value is -0.910. The van der Waals surface area contributed by atoms with Crippen molar-refractivity contribution in [2.24, 2.45) is 4.99 Å². The maximum Gasteiger partial charge on any atom is 0.216 e. The largest absolute Gasteiger partial charge is 0.378 e. The third-order valence-corrected chi connectivity index (χ3v) is 6.78. The summed E-state index contributed by atoms with van der Waals surface area (Å²) in [5.41, 5.74) is 1.27. The standard InChI is InChI=1S/C21H36N4O3S.HI/c1-5-22-21(23-17-19(4)20-9-7-6-8-10-20)24-11-13-25(14-12-24)29(26,27)16-15-28-18(2)3;/h6-10,18-19H,5,11-17H2,1-4H3,(H,22,23);1H. The number of ether oxygens (including phenoxy) is 1. The first-order valence-corrected chi connectivity index (χ1v) is 12.1. The molecule has 9 heteroatoms. The van der Waals surface area contributed by atoms with Crippen molar-refractivity contribution in [2.75, 3.05) is 51.6 Å². The lowest BCUT2D eigenvalue weighted by atomic mass is 10.0. The Kier molecular flexibility index (Phi) is 12.2. The van der Waals surface area contributed by atoms with Crippen LogP contribution in [0.3, 0.4) is 0 Å². The fourth-order valence-electron chi connectivity index (χ4n) is 3.23. The van der Waals surface area contributed by atoms with Gasteiger partial charge in [0.05, 0.1) is 18.5 Å². The Morgan fingerprint density at radius 1 is 1.13 bits per heavy atom. The molecule has 2 rings (SSSR count). The van der Waals surface area contributed by atoms with Crippen LogP contribution >= 0.6 is 24.0 Å². The van der Waals surface area contributed by atoms with Gasteiger partial charge in [0.25, 0.3) is 0 Å². The minimum atomic E-state index is -3.28. The number of nitrogens with one attached hydrogen (secondary N) is 1. The smallest absolute Gasteiger partial charge is 0.216 e. The molecular weight excluding hydrogens is 515 g/mol. The average Bonchev–Trinajstić information content (AvgIpc) is 2.71. The quantitative estimate of drug-likeness (QED) is 0.290. The molecule has 0 amide bonds. The SMILES string of the molecule is CCNC(=NCC(C)c1ccccc1)N1CCN(S(=O)(=O)CCOC(C)C)CC1.I. The number of sulfonamides is 1. The van der Waals surface area contributed by atoms with Gasteiger partial charge in [-0.15, -0.1) is 24.0 Å². The van der Waals surface area contributed by atoms with Crippen LogP contribution in [0.15, 0.2) is 35.3 Å². The van der Waals surface area contributed by atoms with Gasteiger partial charge in [-0.05, 0) is 26.3 Å². The molecule has 0 radical (unpaired) electrons. The van der Waals surface area contributed by atoms with Crippen molar-refractivity contribution in [3.05, 3.63) is 35.9 Å². The van der Waals surface area contributed by atoms with Crippen molar-refractivity contribution in [2.45, 2.75) is 39.7 Å². The predicted molar refractivity (Wildman–Crippen MR) is 134 cm³/mol. The van der Waals surface area contributed by atoms with Crippen molar-refractivity contribution in [1.29, 1.82) is 0 Å². The molecule has 0 spiro atoms. The molecule has 1 aliphatic rings. The second-order valence-electron chi connectivity index (χ2n) is 7.63.